The monoisotopic (exact) mass is 411 g/mol. The van der Waals surface area contributed by atoms with Crippen molar-refractivity contribution in [1.29, 1.82) is 0 Å². The van der Waals surface area contributed by atoms with E-state index in [1.54, 1.807) is 51.1 Å². The summed E-state index contributed by atoms with van der Waals surface area (Å²) >= 11 is 0. The van der Waals surface area contributed by atoms with Gasteiger partial charge in [0, 0.05) is 5.56 Å². The maximum Gasteiger partial charge on any atom is 0.325 e. The predicted molar refractivity (Wildman–Crippen MR) is 106 cm³/mol. The molecule has 9 nitrogen and oxygen atoms in total. The van der Waals surface area contributed by atoms with Gasteiger partial charge in [0.25, 0.3) is 5.91 Å². The molecule has 1 atom stereocenters. The standard InChI is InChI=1S/C18H25N3O6S/c1-11(17(24)25)20-13(22)10-19-14-15(12-8-6-5-7-9-12)28(26,27)21(16(14)23)18(2,3)4/h5-9,11,19,26-27H,10H2,1-4H3,(H,20,22)(H,24,25). The van der Waals surface area contributed by atoms with E-state index in [2.05, 4.69) is 10.6 Å². The quantitative estimate of drug-likeness (QED) is 0.481. The number of nitrogens with zero attached hydrogens (tertiary/aromatic N) is 1. The van der Waals surface area contributed by atoms with Gasteiger partial charge in [-0.2, -0.15) is 0 Å². The fraction of sp³-hybridized carbons (Fsp3) is 0.389. The molecule has 0 aromatic heterocycles. The molecular formula is C18H25N3O6S. The normalized spacial score (nSPS) is 18.6. The molecule has 0 aliphatic carbocycles. The Hall–Kier alpha value is -2.56. The number of carboxylic acid groups (broad SMARTS) is 1. The van der Waals surface area contributed by atoms with E-state index < -0.39 is 46.7 Å². The lowest BCUT2D eigenvalue weighted by atomic mass is 10.1. The molecule has 1 aliphatic rings. The highest BCUT2D eigenvalue weighted by molar-refractivity contribution is 8.31. The Balaban J connectivity index is 2.39. The Morgan fingerprint density at radius 1 is 1.18 bits per heavy atom. The minimum absolute atomic E-state index is 0.00658. The van der Waals surface area contributed by atoms with Gasteiger partial charge in [-0.15, -0.1) is 0 Å². The van der Waals surface area contributed by atoms with Crippen LogP contribution < -0.4 is 10.6 Å². The maximum absolute atomic E-state index is 13.0. The summed E-state index contributed by atoms with van der Waals surface area (Å²) in [4.78, 5) is 35.8. The third-order valence-corrected chi connectivity index (χ3v) is 6.18. The van der Waals surface area contributed by atoms with E-state index in [1.807, 2.05) is 0 Å². The zero-order chi connectivity index (χ0) is 21.3. The van der Waals surface area contributed by atoms with E-state index in [0.717, 1.165) is 4.31 Å². The van der Waals surface area contributed by atoms with Crippen molar-refractivity contribution in [2.24, 2.45) is 0 Å². The van der Waals surface area contributed by atoms with Gasteiger partial charge in [-0.3, -0.25) is 23.5 Å². The summed E-state index contributed by atoms with van der Waals surface area (Å²) < 4.78 is 22.8. The Kier molecular flexibility index (Phi) is 6.07. The number of benzene rings is 1. The Morgan fingerprint density at radius 3 is 2.25 bits per heavy atom. The van der Waals surface area contributed by atoms with Crippen LogP contribution in [0, 0.1) is 0 Å². The Morgan fingerprint density at radius 2 is 1.75 bits per heavy atom. The number of carboxylic acids is 1. The molecule has 1 unspecified atom stereocenters. The van der Waals surface area contributed by atoms with Crippen LogP contribution in [0.25, 0.3) is 4.91 Å². The molecule has 28 heavy (non-hydrogen) atoms. The highest BCUT2D eigenvalue weighted by Crippen LogP contribution is 2.63. The summed E-state index contributed by atoms with van der Waals surface area (Å²) in [5.41, 5.74) is -0.553. The summed E-state index contributed by atoms with van der Waals surface area (Å²) in [6.45, 7) is 5.93. The molecule has 0 saturated heterocycles. The third kappa shape index (κ3) is 4.29. The van der Waals surface area contributed by atoms with Crippen molar-refractivity contribution in [2.45, 2.75) is 39.3 Å². The van der Waals surface area contributed by atoms with Crippen LogP contribution in [0.2, 0.25) is 0 Å². The first-order valence-electron chi connectivity index (χ1n) is 8.56. The number of aliphatic carboxylic acids is 1. The van der Waals surface area contributed by atoms with Crippen molar-refractivity contribution in [3.8, 4) is 0 Å². The number of hydrogen-bond acceptors (Lipinski definition) is 6. The lowest BCUT2D eigenvalue weighted by Crippen LogP contribution is -2.46. The van der Waals surface area contributed by atoms with Crippen LogP contribution in [-0.2, 0) is 14.4 Å². The van der Waals surface area contributed by atoms with Crippen molar-refractivity contribution in [3.63, 3.8) is 0 Å². The van der Waals surface area contributed by atoms with Crippen molar-refractivity contribution in [1.82, 2.24) is 14.9 Å². The second-order valence-electron chi connectivity index (χ2n) is 7.34. The molecule has 0 radical (unpaired) electrons. The van der Waals surface area contributed by atoms with E-state index in [-0.39, 0.29) is 10.6 Å². The molecule has 10 heteroatoms. The van der Waals surface area contributed by atoms with Gasteiger partial charge in [0.15, 0.2) is 0 Å². The lowest BCUT2D eigenvalue weighted by molar-refractivity contribution is -0.141. The van der Waals surface area contributed by atoms with Crippen LogP contribution in [0.1, 0.15) is 33.3 Å². The van der Waals surface area contributed by atoms with Crippen LogP contribution in [0.15, 0.2) is 36.0 Å². The summed E-state index contributed by atoms with van der Waals surface area (Å²) in [5.74, 6) is -2.48. The van der Waals surface area contributed by atoms with Crippen molar-refractivity contribution in [2.75, 3.05) is 6.54 Å². The average molecular weight is 411 g/mol. The van der Waals surface area contributed by atoms with E-state index in [9.17, 15) is 23.5 Å². The zero-order valence-electron chi connectivity index (χ0n) is 16.1. The minimum atomic E-state index is -3.65. The van der Waals surface area contributed by atoms with Gasteiger partial charge < -0.3 is 15.7 Å². The van der Waals surface area contributed by atoms with Gasteiger partial charge >= 0.3 is 5.97 Å². The van der Waals surface area contributed by atoms with E-state index in [1.165, 1.54) is 6.92 Å². The topological polar surface area (TPSA) is 139 Å². The van der Waals surface area contributed by atoms with E-state index in [4.69, 9.17) is 5.11 Å². The number of amides is 2. The Labute approximate surface area is 164 Å². The first kappa shape index (κ1) is 21.7. The molecule has 1 heterocycles. The van der Waals surface area contributed by atoms with Gasteiger partial charge in [0.1, 0.15) is 16.6 Å². The van der Waals surface area contributed by atoms with Crippen LogP contribution in [-0.4, -0.2) is 54.4 Å². The first-order valence-corrected chi connectivity index (χ1v) is 10.1. The predicted octanol–water partition coefficient (Wildman–Crippen LogP) is 1.84. The number of hydrogen-bond donors (Lipinski definition) is 5. The fourth-order valence-electron chi connectivity index (χ4n) is 2.80. The van der Waals surface area contributed by atoms with Crippen molar-refractivity contribution >= 4 is 33.5 Å². The molecule has 1 aliphatic heterocycles. The summed E-state index contributed by atoms with van der Waals surface area (Å²) in [6, 6.07) is 7.32. The number of nitrogens with one attached hydrogen (secondary N) is 2. The highest BCUT2D eigenvalue weighted by Gasteiger charge is 2.49. The molecule has 1 aromatic rings. The third-order valence-electron chi connectivity index (χ3n) is 3.97. The van der Waals surface area contributed by atoms with Gasteiger partial charge in [0.05, 0.1) is 12.1 Å². The summed E-state index contributed by atoms with van der Waals surface area (Å²) in [7, 11) is -3.65. The summed E-state index contributed by atoms with van der Waals surface area (Å²) in [6.07, 6.45) is 0. The van der Waals surface area contributed by atoms with Crippen LogP contribution in [0.3, 0.4) is 0 Å². The molecule has 2 rings (SSSR count). The van der Waals surface area contributed by atoms with Crippen LogP contribution >= 0.6 is 10.8 Å². The van der Waals surface area contributed by atoms with Gasteiger partial charge in [-0.05, 0) is 27.7 Å². The Bertz CT molecular complexity index is 816. The smallest absolute Gasteiger partial charge is 0.325 e. The van der Waals surface area contributed by atoms with Gasteiger partial charge in [-0.25, -0.2) is 4.31 Å². The number of carbonyl (C=O) groups excluding carboxylic acids is 2. The van der Waals surface area contributed by atoms with Crippen molar-refractivity contribution in [3.05, 3.63) is 41.6 Å². The molecule has 0 spiro atoms. The lowest BCUT2D eigenvalue weighted by Gasteiger charge is -2.45. The van der Waals surface area contributed by atoms with Gasteiger partial charge in [-0.1, -0.05) is 41.1 Å². The molecule has 1 aromatic carbocycles. The summed E-state index contributed by atoms with van der Waals surface area (Å²) in [5, 5.41) is 13.8. The number of carbonyl (C=O) groups is 3. The number of rotatable bonds is 6. The second-order valence-corrected chi connectivity index (χ2v) is 9.15. The van der Waals surface area contributed by atoms with Gasteiger partial charge in [0.2, 0.25) is 5.91 Å². The fourth-order valence-corrected chi connectivity index (χ4v) is 4.95. The zero-order valence-corrected chi connectivity index (χ0v) is 16.9. The molecule has 0 fully saturated rings. The van der Waals surface area contributed by atoms with E-state index in [0.29, 0.717) is 5.56 Å². The van der Waals surface area contributed by atoms with Crippen LogP contribution in [0.4, 0.5) is 0 Å². The SMILES string of the molecule is CC(NC(=O)CNC1=C(c2ccccc2)S(O)(O)N(C(C)(C)C)C1=O)C(=O)O. The van der Waals surface area contributed by atoms with Crippen LogP contribution in [0.5, 0.6) is 0 Å². The average Bonchev–Trinajstić information content (AvgIpc) is 2.78. The molecular weight excluding hydrogens is 386 g/mol. The molecule has 154 valence electrons. The maximum atomic E-state index is 13.0. The van der Waals surface area contributed by atoms with E-state index >= 15 is 0 Å². The van der Waals surface area contributed by atoms with Crippen molar-refractivity contribution < 1.29 is 28.6 Å². The molecule has 2 amide bonds. The first-order chi connectivity index (χ1) is 12.9. The molecule has 0 bridgehead atoms. The largest absolute Gasteiger partial charge is 0.480 e. The molecule has 5 N–H and O–H groups in total. The minimum Gasteiger partial charge on any atom is -0.480 e. The second kappa shape index (κ2) is 7.82. The molecule has 0 saturated carbocycles. The highest BCUT2D eigenvalue weighted by atomic mass is 32.3.